The quantitative estimate of drug-likeness (QED) is 0.615. The van der Waals surface area contributed by atoms with Crippen LogP contribution in [-0.4, -0.2) is 69.5 Å². The van der Waals surface area contributed by atoms with Gasteiger partial charge in [0.05, 0.1) is 24.2 Å². The van der Waals surface area contributed by atoms with E-state index in [9.17, 15) is 13.2 Å². The molecule has 1 aromatic heterocycles. The first-order valence-electron chi connectivity index (χ1n) is 11.0. The largest absolute Gasteiger partial charge is 0.465 e. The Morgan fingerprint density at radius 3 is 2.41 bits per heavy atom. The Morgan fingerprint density at radius 1 is 1.12 bits per heavy atom. The lowest BCUT2D eigenvalue weighted by Gasteiger charge is -2.33. The molecule has 0 saturated carbocycles. The third-order valence-electron chi connectivity index (χ3n) is 5.81. The van der Waals surface area contributed by atoms with Crippen LogP contribution >= 0.6 is 0 Å². The zero-order chi connectivity index (χ0) is 23.3. The molecule has 1 amide bonds. The van der Waals surface area contributed by atoms with E-state index in [1.54, 1.807) is 32.9 Å². The minimum Gasteiger partial charge on any atom is -0.465 e. The van der Waals surface area contributed by atoms with Gasteiger partial charge in [-0.3, -0.25) is 9.69 Å². The number of benzene rings is 1. The van der Waals surface area contributed by atoms with Gasteiger partial charge in [0.2, 0.25) is 10.0 Å². The van der Waals surface area contributed by atoms with E-state index in [1.165, 1.54) is 10.4 Å². The van der Waals surface area contributed by atoms with E-state index in [0.29, 0.717) is 44.0 Å². The summed E-state index contributed by atoms with van der Waals surface area (Å²) in [7, 11) is -3.66. The van der Waals surface area contributed by atoms with Crippen LogP contribution in [0.5, 0.6) is 0 Å². The number of aryl methyl sites for hydroxylation is 2. The van der Waals surface area contributed by atoms with Gasteiger partial charge in [-0.15, -0.1) is 0 Å². The number of ether oxygens (including phenoxy) is 1. The molecule has 1 atom stereocenters. The third kappa shape index (κ3) is 5.40. The Bertz CT molecular complexity index is 1020. The van der Waals surface area contributed by atoms with Gasteiger partial charge in [-0.2, -0.15) is 4.31 Å². The van der Waals surface area contributed by atoms with Crippen molar-refractivity contribution in [1.82, 2.24) is 14.5 Å². The maximum absolute atomic E-state index is 13.0. The molecule has 0 radical (unpaired) electrons. The molecule has 1 aliphatic rings. The van der Waals surface area contributed by atoms with Crippen molar-refractivity contribution in [1.29, 1.82) is 0 Å². The normalized spacial score (nSPS) is 16.3. The third-order valence-corrected chi connectivity index (χ3v) is 8.00. The highest BCUT2D eigenvalue weighted by Gasteiger charge is 2.27. The van der Waals surface area contributed by atoms with Crippen LogP contribution in [-0.2, 0) is 14.8 Å². The Labute approximate surface area is 190 Å². The fourth-order valence-corrected chi connectivity index (χ4v) is 5.65. The molecule has 1 unspecified atom stereocenters. The zero-order valence-electron chi connectivity index (χ0n) is 19.3. The predicted molar refractivity (Wildman–Crippen MR) is 122 cm³/mol. The summed E-state index contributed by atoms with van der Waals surface area (Å²) >= 11 is 0. The van der Waals surface area contributed by atoms with E-state index in [0.717, 1.165) is 24.6 Å². The van der Waals surface area contributed by atoms with Crippen LogP contribution in [0.2, 0.25) is 0 Å². The molecule has 2 aromatic rings. The average Bonchev–Trinajstić information content (AvgIpc) is 3.21. The molecule has 0 spiro atoms. The number of amides is 1. The minimum atomic E-state index is -3.66. The van der Waals surface area contributed by atoms with Crippen LogP contribution in [0, 0.1) is 13.8 Å². The van der Waals surface area contributed by atoms with Gasteiger partial charge in [-0.1, -0.05) is 19.9 Å². The second kappa shape index (κ2) is 10.6. The fourth-order valence-electron chi connectivity index (χ4n) is 3.94. The Balaban J connectivity index is 1.80. The molecule has 3 rings (SSSR count). The van der Waals surface area contributed by atoms with E-state index in [1.807, 2.05) is 19.1 Å². The van der Waals surface area contributed by atoms with Gasteiger partial charge in [0.25, 0.3) is 5.91 Å². The SMILES string of the molecule is CCN(CC)S(=O)(=O)c1cc(C(=O)NCC(c2ccc(C)o2)N2CCOCC2)ccc1C. The van der Waals surface area contributed by atoms with Gasteiger partial charge < -0.3 is 14.5 Å². The summed E-state index contributed by atoms with van der Waals surface area (Å²) in [5.41, 5.74) is 0.934. The molecule has 1 aliphatic heterocycles. The van der Waals surface area contributed by atoms with Gasteiger partial charge in [0.15, 0.2) is 0 Å². The lowest BCUT2D eigenvalue weighted by molar-refractivity contribution is 0.0117. The van der Waals surface area contributed by atoms with Crippen molar-refractivity contribution < 1.29 is 22.4 Å². The van der Waals surface area contributed by atoms with Crippen molar-refractivity contribution in [3.63, 3.8) is 0 Å². The summed E-state index contributed by atoms with van der Waals surface area (Å²) in [6.45, 7) is 11.1. The molecule has 8 nitrogen and oxygen atoms in total. The number of hydrogen-bond donors (Lipinski definition) is 1. The zero-order valence-corrected chi connectivity index (χ0v) is 20.1. The molecule has 0 bridgehead atoms. The monoisotopic (exact) mass is 463 g/mol. The van der Waals surface area contributed by atoms with Crippen molar-refractivity contribution in [2.45, 2.75) is 38.6 Å². The van der Waals surface area contributed by atoms with Crippen LogP contribution in [0.4, 0.5) is 0 Å². The first-order chi connectivity index (χ1) is 15.3. The van der Waals surface area contributed by atoms with Gasteiger partial charge in [0, 0.05) is 38.3 Å². The number of rotatable bonds is 9. The number of carbonyl (C=O) groups excluding carboxylic acids is 1. The highest BCUT2D eigenvalue weighted by atomic mass is 32.2. The number of nitrogens with zero attached hydrogens (tertiary/aromatic N) is 2. The lowest BCUT2D eigenvalue weighted by atomic mass is 10.1. The van der Waals surface area contributed by atoms with Gasteiger partial charge in [-0.05, 0) is 43.7 Å². The molecule has 2 heterocycles. The van der Waals surface area contributed by atoms with Crippen LogP contribution in [0.25, 0.3) is 0 Å². The number of morpholine rings is 1. The smallest absolute Gasteiger partial charge is 0.251 e. The van der Waals surface area contributed by atoms with E-state index < -0.39 is 10.0 Å². The van der Waals surface area contributed by atoms with E-state index in [-0.39, 0.29) is 16.8 Å². The maximum atomic E-state index is 13.0. The second-order valence-electron chi connectivity index (χ2n) is 7.89. The van der Waals surface area contributed by atoms with Crippen molar-refractivity contribution in [2.75, 3.05) is 45.9 Å². The first-order valence-corrected chi connectivity index (χ1v) is 12.5. The van der Waals surface area contributed by atoms with Crippen LogP contribution in [0.1, 0.15) is 47.3 Å². The summed E-state index contributed by atoms with van der Waals surface area (Å²) in [5, 5.41) is 2.97. The van der Waals surface area contributed by atoms with Crippen molar-refractivity contribution in [3.8, 4) is 0 Å². The molecule has 32 heavy (non-hydrogen) atoms. The number of carbonyl (C=O) groups is 1. The second-order valence-corrected chi connectivity index (χ2v) is 9.80. The number of nitrogens with one attached hydrogen (secondary N) is 1. The Kier molecular flexibility index (Phi) is 8.10. The van der Waals surface area contributed by atoms with E-state index >= 15 is 0 Å². The molecule has 1 N–H and O–H groups in total. The molecule has 1 saturated heterocycles. The molecule has 1 fully saturated rings. The molecule has 1 aromatic carbocycles. The Hall–Kier alpha value is -2.20. The van der Waals surface area contributed by atoms with Gasteiger partial charge in [-0.25, -0.2) is 8.42 Å². The first kappa shape index (κ1) is 24.4. The van der Waals surface area contributed by atoms with Gasteiger partial charge >= 0.3 is 0 Å². The summed E-state index contributed by atoms with van der Waals surface area (Å²) in [6.07, 6.45) is 0. The van der Waals surface area contributed by atoms with E-state index in [4.69, 9.17) is 9.15 Å². The predicted octanol–water partition coefficient (Wildman–Crippen LogP) is 2.73. The van der Waals surface area contributed by atoms with Crippen molar-refractivity contribution in [3.05, 3.63) is 53.0 Å². The highest BCUT2D eigenvalue weighted by Crippen LogP contribution is 2.24. The number of sulfonamides is 1. The fraction of sp³-hybridized carbons (Fsp3) is 0.522. The number of hydrogen-bond acceptors (Lipinski definition) is 6. The van der Waals surface area contributed by atoms with Crippen molar-refractivity contribution in [2.24, 2.45) is 0 Å². The topological polar surface area (TPSA) is 92.1 Å². The summed E-state index contributed by atoms with van der Waals surface area (Å²) < 4.78 is 38.7. The molecular weight excluding hydrogens is 430 g/mol. The Morgan fingerprint density at radius 2 is 1.81 bits per heavy atom. The standard InChI is InChI=1S/C23H33N3O5S/c1-5-26(6-2)32(28,29)22-15-19(9-7-17(22)3)23(27)24-16-20(21-10-8-18(4)31-21)25-11-13-30-14-12-25/h7-10,15,20H,5-6,11-14,16H2,1-4H3,(H,24,27). The molecular formula is C23H33N3O5S. The lowest BCUT2D eigenvalue weighted by Crippen LogP contribution is -2.43. The van der Waals surface area contributed by atoms with Crippen LogP contribution < -0.4 is 5.32 Å². The average molecular weight is 464 g/mol. The minimum absolute atomic E-state index is 0.124. The van der Waals surface area contributed by atoms with Crippen LogP contribution in [0.3, 0.4) is 0 Å². The molecule has 176 valence electrons. The van der Waals surface area contributed by atoms with Crippen molar-refractivity contribution >= 4 is 15.9 Å². The van der Waals surface area contributed by atoms with Crippen LogP contribution in [0.15, 0.2) is 39.6 Å². The summed E-state index contributed by atoms with van der Waals surface area (Å²) in [6, 6.07) is 8.53. The maximum Gasteiger partial charge on any atom is 0.251 e. The number of furan rings is 1. The molecule has 9 heteroatoms. The summed E-state index contributed by atoms with van der Waals surface area (Å²) in [5.74, 6) is 1.29. The van der Waals surface area contributed by atoms with E-state index in [2.05, 4.69) is 10.2 Å². The molecule has 0 aliphatic carbocycles. The summed E-state index contributed by atoms with van der Waals surface area (Å²) in [4.78, 5) is 15.4. The highest BCUT2D eigenvalue weighted by molar-refractivity contribution is 7.89. The van der Waals surface area contributed by atoms with Gasteiger partial charge in [0.1, 0.15) is 11.5 Å².